The van der Waals surface area contributed by atoms with Gasteiger partial charge in [0.15, 0.2) is 6.10 Å². The predicted molar refractivity (Wildman–Crippen MR) is 96.6 cm³/mol. The maximum atomic E-state index is 12.8. The van der Waals surface area contributed by atoms with Gasteiger partial charge in [0.05, 0.1) is 17.2 Å². The van der Waals surface area contributed by atoms with Crippen LogP contribution in [0.15, 0.2) is 48.5 Å². The Morgan fingerprint density at radius 3 is 2.64 bits per heavy atom. The van der Waals surface area contributed by atoms with Crippen molar-refractivity contribution in [3.63, 3.8) is 0 Å². The van der Waals surface area contributed by atoms with Gasteiger partial charge in [0.1, 0.15) is 0 Å². The zero-order chi connectivity index (χ0) is 20.3. The molecule has 0 spiro atoms. The number of aryl methyl sites for hydroxylation is 1. The number of benzene rings is 2. The van der Waals surface area contributed by atoms with Crippen LogP contribution in [0.5, 0.6) is 0 Å². The number of ether oxygens (including phenoxy) is 1. The second kappa shape index (κ2) is 8.04. The summed E-state index contributed by atoms with van der Waals surface area (Å²) < 4.78 is 43.4. The monoisotopic (exact) mass is 391 g/mol. The molecule has 0 radical (unpaired) electrons. The number of nitrogens with one attached hydrogen (secondary N) is 1. The van der Waals surface area contributed by atoms with E-state index in [4.69, 9.17) is 4.74 Å². The second-order valence-corrected chi connectivity index (χ2v) is 6.78. The summed E-state index contributed by atoms with van der Waals surface area (Å²) in [6.07, 6.45) is -3.04. The van der Waals surface area contributed by atoms with Gasteiger partial charge in [-0.3, -0.25) is 4.79 Å². The molecule has 1 aliphatic carbocycles. The van der Waals surface area contributed by atoms with E-state index in [1.165, 1.54) is 18.6 Å². The molecule has 0 aliphatic heterocycles. The first kappa shape index (κ1) is 19.9. The van der Waals surface area contributed by atoms with Gasteiger partial charge in [-0.1, -0.05) is 30.3 Å². The first-order valence-corrected chi connectivity index (χ1v) is 9.02. The molecule has 0 heterocycles. The Morgan fingerprint density at radius 2 is 1.89 bits per heavy atom. The largest absolute Gasteiger partial charge is 0.449 e. The Labute approximate surface area is 160 Å². The van der Waals surface area contributed by atoms with Crippen molar-refractivity contribution in [3.05, 3.63) is 70.8 Å². The van der Waals surface area contributed by atoms with E-state index in [1.807, 2.05) is 24.3 Å². The highest BCUT2D eigenvalue weighted by Gasteiger charge is 2.31. The average molecular weight is 391 g/mol. The van der Waals surface area contributed by atoms with Crippen molar-refractivity contribution >= 4 is 11.9 Å². The van der Waals surface area contributed by atoms with E-state index in [9.17, 15) is 22.8 Å². The number of carbonyl (C=O) groups excluding carboxylic acids is 2. The quantitative estimate of drug-likeness (QED) is 0.784. The molecule has 4 nitrogen and oxygen atoms in total. The molecule has 0 saturated heterocycles. The van der Waals surface area contributed by atoms with Crippen LogP contribution < -0.4 is 5.32 Å². The Kier molecular flexibility index (Phi) is 5.72. The van der Waals surface area contributed by atoms with E-state index < -0.39 is 29.7 Å². The zero-order valence-electron chi connectivity index (χ0n) is 15.3. The van der Waals surface area contributed by atoms with Crippen LogP contribution in [0.4, 0.5) is 13.2 Å². The van der Waals surface area contributed by atoms with Crippen molar-refractivity contribution in [2.45, 2.75) is 44.5 Å². The zero-order valence-corrected chi connectivity index (χ0v) is 15.3. The highest BCUT2D eigenvalue weighted by Crippen LogP contribution is 2.30. The molecule has 0 bridgehead atoms. The number of esters is 1. The number of hydrogen-bond acceptors (Lipinski definition) is 3. The Morgan fingerprint density at radius 1 is 1.14 bits per heavy atom. The standard InChI is InChI=1S/C21H20F3NO3/c1-13(28-20(27)15-8-4-9-16(12-15)21(22,23)24)19(26)25-18-11-5-7-14-6-2-3-10-17(14)18/h2-4,6,8-10,12-13,18H,5,7,11H2,1H3,(H,25,26)/t13-,18+/m1/s1. The average Bonchev–Trinajstić information content (AvgIpc) is 2.67. The number of alkyl halides is 3. The fourth-order valence-corrected chi connectivity index (χ4v) is 3.30. The molecule has 0 fully saturated rings. The molecule has 1 aliphatic rings. The minimum Gasteiger partial charge on any atom is -0.449 e. The molecule has 2 aromatic rings. The van der Waals surface area contributed by atoms with Crippen LogP contribution in [0.3, 0.4) is 0 Å². The molecule has 0 unspecified atom stereocenters. The van der Waals surface area contributed by atoms with E-state index in [-0.39, 0.29) is 11.6 Å². The summed E-state index contributed by atoms with van der Waals surface area (Å²) >= 11 is 0. The van der Waals surface area contributed by atoms with Crippen LogP contribution in [0.25, 0.3) is 0 Å². The fourth-order valence-electron chi connectivity index (χ4n) is 3.30. The van der Waals surface area contributed by atoms with Crippen molar-refractivity contribution in [1.29, 1.82) is 0 Å². The molecule has 28 heavy (non-hydrogen) atoms. The highest BCUT2D eigenvalue weighted by molar-refractivity contribution is 5.92. The number of carbonyl (C=O) groups is 2. The third kappa shape index (κ3) is 4.52. The minimum absolute atomic E-state index is 0.174. The maximum Gasteiger partial charge on any atom is 0.416 e. The van der Waals surface area contributed by atoms with E-state index in [1.54, 1.807) is 0 Å². The number of halogens is 3. The first-order chi connectivity index (χ1) is 13.3. The van der Waals surface area contributed by atoms with Crippen molar-refractivity contribution in [2.24, 2.45) is 0 Å². The van der Waals surface area contributed by atoms with Crippen molar-refractivity contribution in [2.75, 3.05) is 0 Å². The summed E-state index contributed by atoms with van der Waals surface area (Å²) in [4.78, 5) is 24.6. The third-order valence-electron chi connectivity index (χ3n) is 4.76. The smallest absolute Gasteiger partial charge is 0.416 e. The van der Waals surface area contributed by atoms with Crippen LogP contribution in [-0.2, 0) is 22.1 Å². The summed E-state index contributed by atoms with van der Waals surface area (Å²) in [5.41, 5.74) is 1.02. The molecule has 0 saturated carbocycles. The predicted octanol–water partition coefficient (Wildman–Crippen LogP) is 4.44. The van der Waals surface area contributed by atoms with Crippen LogP contribution in [0.2, 0.25) is 0 Å². The molecule has 0 aromatic heterocycles. The van der Waals surface area contributed by atoms with Crippen molar-refractivity contribution in [3.8, 4) is 0 Å². The van der Waals surface area contributed by atoms with Gasteiger partial charge >= 0.3 is 12.1 Å². The first-order valence-electron chi connectivity index (χ1n) is 9.02. The number of rotatable bonds is 4. The third-order valence-corrected chi connectivity index (χ3v) is 4.76. The van der Waals surface area contributed by atoms with Gasteiger partial charge in [-0.25, -0.2) is 4.79 Å². The Bertz CT molecular complexity index is 879. The van der Waals surface area contributed by atoms with E-state index in [0.29, 0.717) is 6.07 Å². The topological polar surface area (TPSA) is 55.4 Å². The lowest BCUT2D eigenvalue weighted by atomic mass is 9.87. The van der Waals surface area contributed by atoms with Gasteiger partial charge in [-0.2, -0.15) is 13.2 Å². The van der Waals surface area contributed by atoms with Gasteiger partial charge in [-0.15, -0.1) is 0 Å². The Balaban J connectivity index is 1.64. The molecule has 1 N–H and O–H groups in total. The number of hydrogen-bond donors (Lipinski definition) is 1. The SMILES string of the molecule is C[C@@H](OC(=O)c1cccc(C(F)(F)F)c1)C(=O)N[C@H]1CCCc2ccccc21. The maximum absolute atomic E-state index is 12.8. The molecule has 7 heteroatoms. The van der Waals surface area contributed by atoms with E-state index in [0.717, 1.165) is 37.0 Å². The molecule has 2 atom stereocenters. The van der Waals surface area contributed by atoms with Crippen LogP contribution in [0.1, 0.15) is 52.9 Å². The van der Waals surface area contributed by atoms with Gasteiger partial charge in [0, 0.05) is 0 Å². The lowest BCUT2D eigenvalue weighted by Gasteiger charge is -2.27. The summed E-state index contributed by atoms with van der Waals surface area (Å²) in [7, 11) is 0. The summed E-state index contributed by atoms with van der Waals surface area (Å²) in [5.74, 6) is -1.46. The molecule has 1 amide bonds. The number of fused-ring (bicyclic) bond motifs is 1. The Hall–Kier alpha value is -2.83. The molecule has 3 rings (SSSR count). The molecular formula is C21H20F3NO3. The minimum atomic E-state index is -4.56. The van der Waals surface area contributed by atoms with Gasteiger partial charge in [0.2, 0.25) is 0 Å². The molecule has 148 valence electrons. The van der Waals surface area contributed by atoms with E-state index >= 15 is 0 Å². The number of amides is 1. The van der Waals surface area contributed by atoms with Gasteiger partial charge in [0.25, 0.3) is 5.91 Å². The van der Waals surface area contributed by atoms with Crippen molar-refractivity contribution < 1.29 is 27.5 Å². The second-order valence-electron chi connectivity index (χ2n) is 6.78. The van der Waals surface area contributed by atoms with E-state index in [2.05, 4.69) is 5.32 Å². The van der Waals surface area contributed by atoms with Gasteiger partial charge < -0.3 is 10.1 Å². The summed E-state index contributed by atoms with van der Waals surface area (Å²) in [5, 5.41) is 2.87. The lowest BCUT2D eigenvalue weighted by Crippen LogP contribution is -2.39. The van der Waals surface area contributed by atoms with Crippen molar-refractivity contribution in [1.82, 2.24) is 5.32 Å². The van der Waals surface area contributed by atoms with Crippen LogP contribution in [0, 0.1) is 0 Å². The van der Waals surface area contributed by atoms with Crippen LogP contribution in [-0.4, -0.2) is 18.0 Å². The van der Waals surface area contributed by atoms with Crippen LogP contribution >= 0.6 is 0 Å². The normalized spacial score (nSPS) is 17.4. The summed E-state index contributed by atoms with van der Waals surface area (Å²) in [6, 6.07) is 11.6. The summed E-state index contributed by atoms with van der Waals surface area (Å²) in [6.45, 7) is 1.40. The molecular weight excluding hydrogens is 371 g/mol. The lowest BCUT2D eigenvalue weighted by molar-refractivity contribution is -0.137. The fraction of sp³-hybridized carbons (Fsp3) is 0.333. The van der Waals surface area contributed by atoms with Gasteiger partial charge in [-0.05, 0) is 55.5 Å². The molecule has 2 aromatic carbocycles. The highest BCUT2D eigenvalue weighted by atomic mass is 19.4.